The molecule has 0 fully saturated rings. The van der Waals surface area contributed by atoms with Gasteiger partial charge >= 0.3 is 24.4 Å². The number of hydrogen-bond acceptors (Lipinski definition) is 11. The summed E-state index contributed by atoms with van der Waals surface area (Å²) in [5.74, 6) is -3.23. The summed E-state index contributed by atoms with van der Waals surface area (Å²) in [7, 11) is 0. The van der Waals surface area contributed by atoms with E-state index in [1.807, 2.05) is 34.6 Å². The van der Waals surface area contributed by atoms with Crippen LogP contribution in [0.3, 0.4) is 0 Å². The number of carbonyl (C=O) groups is 4. The maximum atomic E-state index is 12.6. The van der Waals surface area contributed by atoms with Crippen molar-refractivity contribution in [2.24, 2.45) is 23.5 Å². The Morgan fingerprint density at radius 2 is 1.26 bits per heavy atom. The molecule has 12 heteroatoms. The monoisotopic (exact) mass is 597 g/mol. The van der Waals surface area contributed by atoms with Crippen LogP contribution in [0.2, 0.25) is 0 Å². The molecule has 0 radical (unpaired) electrons. The van der Waals surface area contributed by atoms with Gasteiger partial charge in [0.2, 0.25) is 0 Å². The van der Waals surface area contributed by atoms with E-state index in [0.717, 1.165) is 6.42 Å². The zero-order valence-corrected chi connectivity index (χ0v) is 26.1. The van der Waals surface area contributed by atoms with Crippen molar-refractivity contribution in [3.63, 3.8) is 0 Å². The van der Waals surface area contributed by atoms with Crippen LogP contribution in [-0.2, 0) is 23.7 Å². The quantitative estimate of drug-likeness (QED) is 0.100. The fourth-order valence-electron chi connectivity index (χ4n) is 3.58. The second kappa shape index (κ2) is 17.4. The lowest BCUT2D eigenvalue weighted by molar-refractivity contribution is -0.139. The maximum Gasteiger partial charge on any atom is 0.514 e. The Morgan fingerprint density at radius 1 is 0.762 bits per heavy atom. The number of unbranched alkanes of at least 4 members (excludes halogenated alkanes) is 1. The predicted octanol–water partition coefficient (Wildman–Crippen LogP) is 6.28. The number of hydrogen-bond donors (Lipinski definition) is 2. The number of carboxylic acid groups (broad SMARTS) is 1. The smallest absolute Gasteiger partial charge is 0.480 e. The lowest BCUT2D eigenvalue weighted by atomic mass is 9.79. The van der Waals surface area contributed by atoms with E-state index in [-0.39, 0.29) is 29.9 Å². The SMILES string of the molecule is CCCCOC(=O)OC(C)C(C)C(c1ccc(OC(=O)OC(C)C(C)C)c(OC(=O)OC(C)C(C)C)c1)[C@H](N)C(=O)O. The molecule has 238 valence electrons. The third-order valence-electron chi connectivity index (χ3n) is 7.16. The highest BCUT2D eigenvalue weighted by Gasteiger charge is 2.36. The third kappa shape index (κ3) is 11.8. The minimum absolute atomic E-state index is 0.000971. The standard InChI is InChI=1S/C30H47NO11/c1-10-11-14-37-28(34)40-21(9)18(6)25(26(31)27(32)33)22-12-13-23(41-29(35)38-19(7)16(2)3)24(15-22)42-30(36)39-20(8)17(4)5/h12-13,15-21,25-26H,10-11,14,31H2,1-9H3,(H,32,33)/t18?,19?,20?,21?,25?,26-/m0/s1. The van der Waals surface area contributed by atoms with Gasteiger partial charge < -0.3 is 39.3 Å². The zero-order valence-electron chi connectivity index (χ0n) is 26.1. The molecule has 1 aromatic carbocycles. The highest BCUT2D eigenvalue weighted by molar-refractivity contribution is 5.75. The largest absolute Gasteiger partial charge is 0.514 e. The van der Waals surface area contributed by atoms with Crippen molar-refractivity contribution < 1.29 is 52.7 Å². The van der Waals surface area contributed by atoms with Gasteiger partial charge in [-0.2, -0.15) is 0 Å². The molecule has 42 heavy (non-hydrogen) atoms. The van der Waals surface area contributed by atoms with Crippen molar-refractivity contribution in [1.29, 1.82) is 0 Å². The Labute approximate surface area is 248 Å². The molecule has 12 nitrogen and oxygen atoms in total. The van der Waals surface area contributed by atoms with Crippen molar-refractivity contribution in [3.8, 4) is 11.5 Å². The summed E-state index contributed by atoms with van der Waals surface area (Å²) >= 11 is 0. The number of aliphatic carboxylic acids is 1. The molecule has 0 bridgehead atoms. The van der Waals surface area contributed by atoms with Gasteiger partial charge in [-0.3, -0.25) is 4.79 Å². The van der Waals surface area contributed by atoms with Crippen LogP contribution in [0.1, 0.15) is 86.6 Å². The molecule has 0 aliphatic rings. The predicted molar refractivity (Wildman–Crippen MR) is 154 cm³/mol. The van der Waals surface area contributed by atoms with Gasteiger partial charge in [0.1, 0.15) is 24.4 Å². The van der Waals surface area contributed by atoms with E-state index in [2.05, 4.69) is 0 Å². The first-order valence-corrected chi connectivity index (χ1v) is 14.3. The van der Waals surface area contributed by atoms with Crippen molar-refractivity contribution in [2.75, 3.05) is 6.61 Å². The first-order valence-electron chi connectivity index (χ1n) is 14.3. The van der Waals surface area contributed by atoms with E-state index in [1.54, 1.807) is 27.7 Å². The molecule has 1 aromatic rings. The zero-order chi connectivity index (χ0) is 32.1. The molecule has 0 saturated heterocycles. The van der Waals surface area contributed by atoms with E-state index in [1.165, 1.54) is 18.2 Å². The molecule has 1 rings (SSSR count). The van der Waals surface area contributed by atoms with Gasteiger partial charge in [0, 0.05) is 11.8 Å². The second-order valence-corrected chi connectivity index (χ2v) is 11.1. The van der Waals surface area contributed by atoms with Crippen LogP contribution in [0.25, 0.3) is 0 Å². The Kier molecular flexibility index (Phi) is 15.1. The first kappa shape index (κ1) is 36.5. The molecular weight excluding hydrogens is 550 g/mol. The minimum atomic E-state index is -1.44. The van der Waals surface area contributed by atoms with E-state index >= 15 is 0 Å². The van der Waals surface area contributed by atoms with Crippen LogP contribution in [0, 0.1) is 17.8 Å². The summed E-state index contributed by atoms with van der Waals surface area (Å²) in [5.41, 5.74) is 6.43. The molecule has 0 aliphatic heterocycles. The van der Waals surface area contributed by atoms with Crippen molar-refractivity contribution in [2.45, 2.75) is 105 Å². The minimum Gasteiger partial charge on any atom is -0.480 e. The first-order chi connectivity index (χ1) is 19.6. The lowest BCUT2D eigenvalue weighted by Gasteiger charge is -2.31. The van der Waals surface area contributed by atoms with Gasteiger partial charge in [0.05, 0.1) is 6.61 Å². The van der Waals surface area contributed by atoms with Crippen LogP contribution in [0.4, 0.5) is 14.4 Å². The van der Waals surface area contributed by atoms with Crippen LogP contribution in [-0.4, -0.2) is 60.5 Å². The van der Waals surface area contributed by atoms with Crippen LogP contribution in [0.5, 0.6) is 11.5 Å². The number of nitrogens with two attached hydrogens (primary N) is 1. The molecule has 6 atom stereocenters. The van der Waals surface area contributed by atoms with Crippen LogP contribution >= 0.6 is 0 Å². The number of benzene rings is 1. The molecule has 0 aliphatic carbocycles. The molecule has 0 spiro atoms. The van der Waals surface area contributed by atoms with Gasteiger partial charge in [-0.1, -0.05) is 54.0 Å². The highest BCUT2D eigenvalue weighted by Crippen LogP contribution is 2.37. The maximum absolute atomic E-state index is 12.6. The van der Waals surface area contributed by atoms with Gasteiger partial charge in [0.25, 0.3) is 0 Å². The normalized spacial score (nSPS) is 15.5. The Morgan fingerprint density at radius 3 is 1.74 bits per heavy atom. The molecule has 0 aromatic heterocycles. The Hall–Kier alpha value is -3.54. The number of rotatable bonds is 15. The van der Waals surface area contributed by atoms with E-state index in [4.69, 9.17) is 34.2 Å². The topological polar surface area (TPSA) is 170 Å². The average Bonchev–Trinajstić information content (AvgIpc) is 2.89. The van der Waals surface area contributed by atoms with Crippen molar-refractivity contribution in [3.05, 3.63) is 23.8 Å². The van der Waals surface area contributed by atoms with E-state index < -0.39 is 60.6 Å². The molecule has 0 heterocycles. The Balaban J connectivity index is 3.43. The van der Waals surface area contributed by atoms with Gasteiger partial charge in [0.15, 0.2) is 11.5 Å². The van der Waals surface area contributed by atoms with Gasteiger partial charge in [-0.25, -0.2) is 14.4 Å². The number of carboxylic acids is 1. The second-order valence-electron chi connectivity index (χ2n) is 11.1. The highest BCUT2D eigenvalue weighted by atomic mass is 16.8. The fraction of sp³-hybridized carbons (Fsp3) is 0.667. The average molecular weight is 598 g/mol. The van der Waals surface area contributed by atoms with E-state index in [9.17, 15) is 24.3 Å². The summed E-state index contributed by atoms with van der Waals surface area (Å²) in [4.78, 5) is 49.2. The molecular formula is C30H47NO11. The third-order valence-corrected chi connectivity index (χ3v) is 7.16. The molecule has 3 N–H and O–H groups in total. The Bertz CT molecular complexity index is 1040. The van der Waals surface area contributed by atoms with Crippen LogP contribution in [0.15, 0.2) is 18.2 Å². The van der Waals surface area contributed by atoms with Crippen molar-refractivity contribution in [1.82, 2.24) is 0 Å². The summed E-state index contributed by atoms with van der Waals surface area (Å²) in [5, 5.41) is 9.79. The van der Waals surface area contributed by atoms with Gasteiger partial charge in [-0.05, 0) is 56.7 Å². The van der Waals surface area contributed by atoms with Gasteiger partial charge in [-0.15, -0.1) is 0 Å². The fourth-order valence-corrected chi connectivity index (χ4v) is 3.58. The summed E-state index contributed by atoms with van der Waals surface area (Å²) < 4.78 is 31.8. The van der Waals surface area contributed by atoms with Crippen molar-refractivity contribution >= 4 is 24.4 Å². The van der Waals surface area contributed by atoms with E-state index in [0.29, 0.717) is 12.0 Å². The summed E-state index contributed by atoms with van der Waals surface area (Å²) in [6.45, 7) is 16.3. The number of carbonyl (C=O) groups excluding carboxylic acids is 3. The molecule has 5 unspecified atom stereocenters. The molecule has 0 amide bonds. The lowest BCUT2D eigenvalue weighted by Crippen LogP contribution is -2.42. The van der Waals surface area contributed by atoms with Crippen LogP contribution < -0.4 is 15.2 Å². The summed E-state index contributed by atoms with van der Waals surface area (Å²) in [6, 6.07) is 2.72. The summed E-state index contributed by atoms with van der Waals surface area (Å²) in [6.07, 6.45) is -3.19. The molecule has 0 saturated carbocycles. The number of ether oxygens (including phenoxy) is 6.